The van der Waals surface area contributed by atoms with E-state index in [9.17, 15) is 9.59 Å². The number of nitrogens with zero attached hydrogens (tertiary/aromatic N) is 1. The Hall–Kier alpha value is -2.11. The number of carbonyl (C=O) groups excluding carboxylic acids is 1. The average molecular weight is 223 g/mol. The maximum Gasteiger partial charge on any atom is 0.354 e. The van der Waals surface area contributed by atoms with Gasteiger partial charge in [0, 0.05) is 12.5 Å². The molecule has 86 valence electrons. The van der Waals surface area contributed by atoms with Gasteiger partial charge in [0.05, 0.1) is 0 Å². The van der Waals surface area contributed by atoms with Gasteiger partial charge in [-0.05, 0) is 19.1 Å². The Morgan fingerprint density at radius 1 is 1.56 bits per heavy atom. The van der Waals surface area contributed by atoms with E-state index in [1.54, 1.807) is 19.1 Å². The minimum absolute atomic E-state index is 0.0451. The van der Waals surface area contributed by atoms with E-state index in [-0.39, 0.29) is 18.2 Å². The molecule has 1 aromatic heterocycles. The molecule has 0 aromatic carbocycles. The fourth-order valence-electron chi connectivity index (χ4n) is 1.24. The van der Waals surface area contributed by atoms with Gasteiger partial charge < -0.3 is 16.2 Å². The van der Waals surface area contributed by atoms with E-state index >= 15 is 0 Å². The molecule has 0 fully saturated rings. The third-order valence-electron chi connectivity index (χ3n) is 1.87. The van der Waals surface area contributed by atoms with Gasteiger partial charge in [-0.2, -0.15) is 0 Å². The molecule has 1 heterocycles. The number of nitrogens with two attached hydrogens (primary N) is 1. The molecule has 16 heavy (non-hydrogen) atoms. The van der Waals surface area contributed by atoms with Crippen LogP contribution in [0.25, 0.3) is 0 Å². The third kappa shape index (κ3) is 3.56. The minimum atomic E-state index is -1.09. The van der Waals surface area contributed by atoms with Gasteiger partial charge in [-0.15, -0.1) is 0 Å². The summed E-state index contributed by atoms with van der Waals surface area (Å²) in [6, 6.07) is 4.42. The maximum atomic E-state index is 10.7. The maximum absolute atomic E-state index is 10.7. The first-order chi connectivity index (χ1) is 7.49. The Bertz CT molecular complexity index is 406. The number of aromatic carboxylic acids is 1. The molecule has 0 saturated carbocycles. The molecule has 0 saturated heterocycles. The number of rotatable bonds is 5. The molecule has 1 rings (SSSR count). The van der Waals surface area contributed by atoms with Crippen LogP contribution in [0.3, 0.4) is 0 Å². The molecule has 0 radical (unpaired) electrons. The van der Waals surface area contributed by atoms with Crippen LogP contribution < -0.4 is 11.1 Å². The lowest BCUT2D eigenvalue weighted by Crippen LogP contribution is -2.24. The molecule has 1 amide bonds. The highest BCUT2D eigenvalue weighted by molar-refractivity contribution is 5.85. The Morgan fingerprint density at radius 2 is 2.25 bits per heavy atom. The van der Waals surface area contributed by atoms with Crippen molar-refractivity contribution in [2.45, 2.75) is 19.4 Å². The smallest absolute Gasteiger partial charge is 0.354 e. The number of carboxylic acids is 1. The number of nitrogens with one attached hydrogen (secondary N) is 1. The van der Waals surface area contributed by atoms with Gasteiger partial charge in [0.2, 0.25) is 5.91 Å². The number of anilines is 1. The zero-order valence-corrected chi connectivity index (χ0v) is 8.80. The SMILES string of the molecule is CC(CC(N)=O)Nc1cccc(C(=O)O)n1. The zero-order valence-electron chi connectivity index (χ0n) is 8.80. The number of carbonyl (C=O) groups is 2. The molecule has 0 aliphatic heterocycles. The summed E-state index contributed by atoms with van der Waals surface area (Å²) >= 11 is 0. The monoisotopic (exact) mass is 223 g/mol. The predicted molar refractivity (Wildman–Crippen MR) is 58.1 cm³/mol. The standard InChI is InChI=1S/C10H13N3O3/c1-6(5-8(11)14)12-9-4-2-3-7(13-9)10(15)16/h2-4,6H,5H2,1H3,(H2,11,14)(H,12,13)(H,15,16). The normalized spacial score (nSPS) is 11.8. The van der Waals surface area contributed by atoms with E-state index in [4.69, 9.17) is 10.8 Å². The second-order valence-electron chi connectivity index (χ2n) is 3.43. The number of hydrogen-bond donors (Lipinski definition) is 3. The fraction of sp³-hybridized carbons (Fsp3) is 0.300. The molecular formula is C10H13N3O3. The second-order valence-corrected chi connectivity index (χ2v) is 3.43. The number of pyridine rings is 1. The van der Waals surface area contributed by atoms with Gasteiger partial charge in [-0.25, -0.2) is 9.78 Å². The van der Waals surface area contributed by atoms with E-state index in [2.05, 4.69) is 10.3 Å². The lowest BCUT2D eigenvalue weighted by Gasteiger charge is -2.12. The number of hydrogen-bond acceptors (Lipinski definition) is 4. The van der Waals surface area contributed by atoms with Crippen molar-refractivity contribution in [3.63, 3.8) is 0 Å². The molecule has 4 N–H and O–H groups in total. The summed E-state index contributed by atoms with van der Waals surface area (Å²) in [6.07, 6.45) is 0.166. The first-order valence-corrected chi connectivity index (χ1v) is 4.74. The number of amides is 1. The van der Waals surface area contributed by atoms with Crippen molar-refractivity contribution < 1.29 is 14.7 Å². The Labute approximate surface area is 92.5 Å². The van der Waals surface area contributed by atoms with Crippen LogP contribution in [0, 0.1) is 0 Å². The van der Waals surface area contributed by atoms with Gasteiger partial charge in [-0.1, -0.05) is 6.07 Å². The van der Waals surface area contributed by atoms with Crippen LogP contribution >= 0.6 is 0 Å². The summed E-state index contributed by atoms with van der Waals surface area (Å²) in [5.41, 5.74) is 4.99. The van der Waals surface area contributed by atoms with Crippen LogP contribution in [0.2, 0.25) is 0 Å². The lowest BCUT2D eigenvalue weighted by molar-refractivity contribution is -0.118. The first kappa shape index (κ1) is 12.0. The Kier molecular flexibility index (Phi) is 3.82. The van der Waals surface area contributed by atoms with Gasteiger partial charge in [0.25, 0.3) is 0 Å². The van der Waals surface area contributed by atoms with Gasteiger partial charge in [0.15, 0.2) is 5.69 Å². The van der Waals surface area contributed by atoms with E-state index in [1.807, 2.05) is 0 Å². The van der Waals surface area contributed by atoms with Crippen LogP contribution in [0.1, 0.15) is 23.8 Å². The van der Waals surface area contributed by atoms with E-state index in [0.717, 1.165) is 0 Å². The van der Waals surface area contributed by atoms with Gasteiger partial charge in [-0.3, -0.25) is 4.79 Å². The van der Waals surface area contributed by atoms with Crippen molar-refractivity contribution in [3.05, 3.63) is 23.9 Å². The van der Waals surface area contributed by atoms with Crippen LogP contribution in [-0.4, -0.2) is 28.0 Å². The largest absolute Gasteiger partial charge is 0.477 e. The molecule has 1 atom stereocenters. The highest BCUT2D eigenvalue weighted by Gasteiger charge is 2.08. The average Bonchev–Trinajstić information content (AvgIpc) is 2.16. The third-order valence-corrected chi connectivity index (χ3v) is 1.87. The van der Waals surface area contributed by atoms with Crippen LogP contribution in [0.4, 0.5) is 5.82 Å². The molecule has 6 heteroatoms. The molecule has 0 spiro atoms. The molecular weight excluding hydrogens is 210 g/mol. The molecule has 1 aromatic rings. The fourth-order valence-corrected chi connectivity index (χ4v) is 1.24. The summed E-state index contributed by atoms with van der Waals surface area (Å²) in [6.45, 7) is 1.76. The molecule has 0 aliphatic carbocycles. The van der Waals surface area contributed by atoms with E-state index in [1.165, 1.54) is 6.07 Å². The highest BCUT2D eigenvalue weighted by Crippen LogP contribution is 2.07. The summed E-state index contributed by atoms with van der Waals surface area (Å²) in [5, 5.41) is 11.6. The van der Waals surface area contributed by atoms with Crippen molar-refractivity contribution in [2.75, 3.05) is 5.32 Å². The Morgan fingerprint density at radius 3 is 2.81 bits per heavy atom. The topological polar surface area (TPSA) is 105 Å². The highest BCUT2D eigenvalue weighted by atomic mass is 16.4. The zero-order chi connectivity index (χ0) is 12.1. The van der Waals surface area contributed by atoms with Crippen LogP contribution in [0.5, 0.6) is 0 Å². The predicted octanol–water partition coefficient (Wildman–Crippen LogP) is 0.456. The number of aromatic nitrogens is 1. The molecule has 6 nitrogen and oxygen atoms in total. The van der Waals surface area contributed by atoms with Crippen molar-refractivity contribution >= 4 is 17.7 Å². The summed E-state index contributed by atoms with van der Waals surface area (Å²) in [5.74, 6) is -1.10. The van der Waals surface area contributed by atoms with Crippen LogP contribution in [0.15, 0.2) is 18.2 Å². The van der Waals surface area contributed by atoms with Gasteiger partial charge in [0.1, 0.15) is 5.82 Å². The summed E-state index contributed by atoms with van der Waals surface area (Å²) < 4.78 is 0. The van der Waals surface area contributed by atoms with E-state index in [0.29, 0.717) is 5.82 Å². The quantitative estimate of drug-likeness (QED) is 0.672. The number of primary amides is 1. The molecule has 0 aliphatic rings. The van der Waals surface area contributed by atoms with Crippen molar-refractivity contribution in [1.82, 2.24) is 4.98 Å². The molecule has 1 unspecified atom stereocenters. The number of carboxylic acid groups (broad SMARTS) is 1. The second kappa shape index (κ2) is 5.11. The summed E-state index contributed by atoms with van der Waals surface area (Å²) in [7, 11) is 0. The minimum Gasteiger partial charge on any atom is -0.477 e. The van der Waals surface area contributed by atoms with Crippen LogP contribution in [-0.2, 0) is 4.79 Å². The lowest BCUT2D eigenvalue weighted by atomic mass is 10.2. The first-order valence-electron chi connectivity index (χ1n) is 4.74. The van der Waals surface area contributed by atoms with Gasteiger partial charge >= 0.3 is 5.97 Å². The van der Waals surface area contributed by atoms with E-state index < -0.39 is 11.9 Å². The van der Waals surface area contributed by atoms with Crippen molar-refractivity contribution in [3.8, 4) is 0 Å². The van der Waals surface area contributed by atoms with Crippen molar-refractivity contribution in [1.29, 1.82) is 0 Å². The van der Waals surface area contributed by atoms with Crippen molar-refractivity contribution in [2.24, 2.45) is 5.73 Å². The summed E-state index contributed by atoms with van der Waals surface area (Å²) in [4.78, 5) is 25.2. The Balaban J connectivity index is 2.70. The molecule has 0 bridgehead atoms.